The molecular weight excluding hydrogens is 580 g/mol. The molecule has 1 aliphatic heterocycles. The molecule has 206 valence electrons. The van der Waals surface area contributed by atoms with Gasteiger partial charge in [-0.15, -0.1) is 11.3 Å². The summed E-state index contributed by atoms with van der Waals surface area (Å²) in [7, 11) is 3.30. The maximum Gasteiger partial charge on any atom is 0.165 e. The number of methoxy groups -OCH3 is 2. The van der Waals surface area contributed by atoms with Crippen molar-refractivity contribution in [1.82, 2.24) is 10.2 Å². The number of phenols is 1. The third-order valence-electron chi connectivity index (χ3n) is 6.97. The van der Waals surface area contributed by atoms with E-state index < -0.39 is 5.72 Å². The number of aromatic hydroxyl groups is 1. The molecule has 7 nitrogen and oxygen atoms in total. The van der Waals surface area contributed by atoms with E-state index in [2.05, 4.69) is 45.2 Å². The van der Waals surface area contributed by atoms with Crippen LogP contribution in [0, 0.1) is 0 Å². The van der Waals surface area contributed by atoms with Crippen molar-refractivity contribution >= 4 is 37.4 Å². The van der Waals surface area contributed by atoms with Crippen molar-refractivity contribution in [3.8, 4) is 33.4 Å². The first-order valence-electron chi connectivity index (χ1n) is 12.9. The normalized spacial score (nSPS) is 15.9. The molecule has 0 amide bonds. The second kappa shape index (κ2) is 12.2. The summed E-state index contributed by atoms with van der Waals surface area (Å²) < 4.78 is 26.1. The van der Waals surface area contributed by atoms with Crippen LogP contribution in [0.25, 0.3) is 20.5 Å². The highest BCUT2D eigenvalue weighted by Crippen LogP contribution is 2.47. The van der Waals surface area contributed by atoms with Crippen molar-refractivity contribution in [3.63, 3.8) is 0 Å². The van der Waals surface area contributed by atoms with E-state index in [1.54, 1.807) is 37.7 Å². The van der Waals surface area contributed by atoms with E-state index in [9.17, 15) is 5.11 Å². The summed E-state index contributed by atoms with van der Waals surface area (Å²) in [5.41, 5.74) is 0.438. The van der Waals surface area contributed by atoms with Gasteiger partial charge in [0, 0.05) is 55.0 Å². The Morgan fingerprint density at radius 2 is 1.64 bits per heavy atom. The van der Waals surface area contributed by atoms with E-state index in [0.717, 1.165) is 62.7 Å². The molecule has 1 saturated heterocycles. The van der Waals surface area contributed by atoms with Crippen LogP contribution in [0.15, 0.2) is 71.2 Å². The number of nitrogens with one attached hydrogen (secondary N) is 1. The number of halogens is 1. The van der Waals surface area contributed by atoms with Gasteiger partial charge >= 0.3 is 0 Å². The molecule has 2 N–H and O–H groups in total. The maximum absolute atomic E-state index is 10.1. The number of thiophene rings is 1. The molecular formula is C30H33BrN2O5S. The van der Waals surface area contributed by atoms with Crippen LogP contribution in [0.4, 0.5) is 0 Å². The average Bonchev–Trinajstić information content (AvgIpc) is 3.30. The zero-order valence-electron chi connectivity index (χ0n) is 22.3. The second-order valence-electron chi connectivity index (χ2n) is 9.64. The van der Waals surface area contributed by atoms with Gasteiger partial charge in [-0.1, -0.05) is 28.1 Å². The zero-order chi connectivity index (χ0) is 27.4. The molecule has 9 heteroatoms. The highest BCUT2D eigenvalue weighted by molar-refractivity contribution is 9.10. The van der Waals surface area contributed by atoms with Gasteiger partial charge in [-0.2, -0.15) is 0 Å². The zero-order valence-corrected chi connectivity index (χ0v) is 24.7. The summed E-state index contributed by atoms with van der Waals surface area (Å²) >= 11 is 5.11. The molecule has 1 aliphatic rings. The van der Waals surface area contributed by atoms with Crippen molar-refractivity contribution in [2.75, 3.05) is 40.4 Å². The summed E-state index contributed by atoms with van der Waals surface area (Å²) in [6, 6.07) is 21.2. The van der Waals surface area contributed by atoms with Crippen molar-refractivity contribution < 1.29 is 24.1 Å². The van der Waals surface area contributed by atoms with Gasteiger partial charge in [0.15, 0.2) is 17.8 Å². The predicted octanol–water partition coefficient (Wildman–Crippen LogP) is 6.84. The smallest absolute Gasteiger partial charge is 0.165 e. The van der Waals surface area contributed by atoms with Crippen molar-refractivity contribution in [2.24, 2.45) is 0 Å². The molecule has 1 fully saturated rings. The lowest BCUT2D eigenvalue weighted by atomic mass is 10.1. The van der Waals surface area contributed by atoms with Crippen LogP contribution in [-0.2, 0) is 9.47 Å². The molecule has 2 heterocycles. The third-order valence-corrected chi connectivity index (χ3v) is 8.68. The van der Waals surface area contributed by atoms with Gasteiger partial charge in [0.05, 0.1) is 11.3 Å². The highest BCUT2D eigenvalue weighted by atomic mass is 79.9. The van der Waals surface area contributed by atoms with Crippen LogP contribution in [0.5, 0.6) is 23.0 Å². The second-order valence-corrected chi connectivity index (χ2v) is 11.6. The number of rotatable bonds is 10. The number of nitrogens with zero attached hydrogens (tertiary/aromatic N) is 1. The molecule has 0 aliphatic carbocycles. The molecule has 4 aromatic rings. The monoisotopic (exact) mass is 612 g/mol. The molecule has 5 rings (SSSR count). The summed E-state index contributed by atoms with van der Waals surface area (Å²) in [6.45, 7) is 5.65. The Bertz CT molecular complexity index is 1390. The lowest BCUT2D eigenvalue weighted by Crippen LogP contribution is -2.59. The first-order chi connectivity index (χ1) is 18.9. The van der Waals surface area contributed by atoms with Crippen LogP contribution in [0.3, 0.4) is 0 Å². The first kappa shape index (κ1) is 27.9. The Morgan fingerprint density at radius 1 is 0.974 bits per heavy atom. The molecule has 3 aromatic carbocycles. The minimum Gasteiger partial charge on any atom is -0.508 e. The largest absolute Gasteiger partial charge is 0.508 e. The molecule has 1 unspecified atom stereocenters. The maximum atomic E-state index is 10.1. The molecule has 0 spiro atoms. The Morgan fingerprint density at radius 3 is 2.31 bits per heavy atom. The minimum absolute atomic E-state index is 0.232. The van der Waals surface area contributed by atoms with Crippen molar-refractivity contribution in [3.05, 3.63) is 71.2 Å². The van der Waals surface area contributed by atoms with Gasteiger partial charge in [0.1, 0.15) is 17.2 Å². The van der Waals surface area contributed by atoms with Crippen LogP contribution in [0.2, 0.25) is 0 Å². The Balaban J connectivity index is 1.41. The standard InChI is InChI=1S/C30H33BrN2O5S/c1-30(19-27(35-2)36-3,33-16-14-32-15-17-33)38-24-11-9-23(10-12-24)37-28-25-13-8-22(34)18-26(25)39-29(28)20-4-6-21(31)7-5-20/h4-13,18,27,32,34H,14-17,19H2,1-3H3. The molecule has 0 saturated carbocycles. The van der Waals surface area contributed by atoms with Gasteiger partial charge in [-0.3, -0.25) is 4.90 Å². The average molecular weight is 614 g/mol. The number of hydrogen-bond donors (Lipinski definition) is 2. The van der Waals surface area contributed by atoms with Crippen molar-refractivity contribution in [2.45, 2.75) is 25.4 Å². The van der Waals surface area contributed by atoms with Gasteiger partial charge in [0.25, 0.3) is 0 Å². The van der Waals surface area contributed by atoms with Gasteiger partial charge < -0.3 is 29.4 Å². The topological polar surface area (TPSA) is 72.4 Å². The molecule has 0 bridgehead atoms. The van der Waals surface area contributed by atoms with Crippen LogP contribution in [-0.4, -0.2) is 62.4 Å². The van der Waals surface area contributed by atoms with Crippen LogP contribution < -0.4 is 14.8 Å². The van der Waals surface area contributed by atoms with E-state index in [4.69, 9.17) is 18.9 Å². The molecule has 0 radical (unpaired) electrons. The first-order valence-corrected chi connectivity index (χ1v) is 14.5. The summed E-state index contributed by atoms with van der Waals surface area (Å²) in [5, 5.41) is 14.4. The van der Waals surface area contributed by atoms with E-state index in [1.807, 2.05) is 42.5 Å². The van der Waals surface area contributed by atoms with E-state index in [0.29, 0.717) is 12.2 Å². The number of hydrogen-bond acceptors (Lipinski definition) is 8. The number of fused-ring (bicyclic) bond motifs is 1. The Hall–Kier alpha value is -2.66. The van der Waals surface area contributed by atoms with Gasteiger partial charge in [-0.05, 0) is 67.1 Å². The van der Waals surface area contributed by atoms with Gasteiger partial charge in [0.2, 0.25) is 0 Å². The predicted molar refractivity (Wildman–Crippen MR) is 159 cm³/mol. The van der Waals surface area contributed by atoms with E-state index in [-0.39, 0.29) is 12.0 Å². The quantitative estimate of drug-likeness (QED) is 0.190. The number of benzene rings is 3. The summed E-state index contributed by atoms with van der Waals surface area (Å²) in [4.78, 5) is 3.33. The SMILES string of the molecule is COC(CC(C)(Oc1ccc(Oc2c(-c3ccc(Br)cc3)sc3cc(O)ccc23)cc1)N1CCNCC1)OC. The molecule has 1 aromatic heterocycles. The van der Waals surface area contributed by atoms with E-state index in [1.165, 1.54) is 0 Å². The summed E-state index contributed by atoms with van der Waals surface area (Å²) in [6.07, 6.45) is 0.179. The van der Waals surface area contributed by atoms with Crippen molar-refractivity contribution in [1.29, 1.82) is 0 Å². The minimum atomic E-state index is -0.610. The number of piperazine rings is 1. The highest BCUT2D eigenvalue weighted by Gasteiger charge is 2.38. The third kappa shape index (κ3) is 6.40. The fourth-order valence-electron chi connectivity index (χ4n) is 4.85. The Labute approximate surface area is 241 Å². The Kier molecular flexibility index (Phi) is 8.76. The lowest BCUT2D eigenvalue weighted by molar-refractivity contribution is -0.173. The van der Waals surface area contributed by atoms with Gasteiger partial charge in [-0.25, -0.2) is 0 Å². The van der Waals surface area contributed by atoms with Crippen LogP contribution >= 0.6 is 27.3 Å². The number of ether oxygens (including phenoxy) is 4. The molecule has 39 heavy (non-hydrogen) atoms. The lowest BCUT2D eigenvalue weighted by Gasteiger charge is -2.44. The van der Waals surface area contributed by atoms with E-state index >= 15 is 0 Å². The number of phenolic OH excluding ortho intramolecular Hbond substituents is 1. The summed E-state index contributed by atoms with van der Waals surface area (Å²) in [5.74, 6) is 2.43. The fourth-order valence-corrected chi connectivity index (χ4v) is 6.28. The van der Waals surface area contributed by atoms with Crippen LogP contribution in [0.1, 0.15) is 13.3 Å². The fraction of sp³-hybridized carbons (Fsp3) is 0.333. The molecule has 1 atom stereocenters.